The molecule has 0 bridgehead atoms. The lowest BCUT2D eigenvalue weighted by molar-refractivity contribution is 0.415. The minimum Gasteiger partial charge on any atom is -0.497 e. The fourth-order valence-corrected chi connectivity index (χ4v) is 1.88. The van der Waals surface area contributed by atoms with Gasteiger partial charge in [0.1, 0.15) is 5.75 Å². The maximum atomic E-state index is 5.13. The first-order chi connectivity index (χ1) is 8.79. The van der Waals surface area contributed by atoms with Crippen LogP contribution in [-0.2, 0) is 6.42 Å². The smallest absolute Gasteiger partial charge is 0.118 e. The molecule has 2 rings (SSSR count). The molecule has 0 aliphatic heterocycles. The quantitative estimate of drug-likeness (QED) is 0.773. The molecule has 0 N–H and O–H groups in total. The van der Waals surface area contributed by atoms with Gasteiger partial charge in [-0.1, -0.05) is 48.6 Å². The van der Waals surface area contributed by atoms with Crippen LogP contribution >= 0.6 is 0 Å². The Morgan fingerprint density at radius 1 is 1.00 bits per heavy atom. The van der Waals surface area contributed by atoms with E-state index in [-0.39, 0.29) is 0 Å². The molecule has 0 spiro atoms. The Hall–Kier alpha value is -2.02. The van der Waals surface area contributed by atoms with E-state index in [9.17, 15) is 0 Å². The molecule has 1 heteroatoms. The Morgan fingerprint density at radius 3 is 2.39 bits per heavy atom. The van der Waals surface area contributed by atoms with Crippen LogP contribution in [0.5, 0.6) is 5.75 Å². The van der Waals surface area contributed by atoms with E-state index in [2.05, 4.69) is 55.5 Å². The highest BCUT2D eigenvalue weighted by Gasteiger charge is 1.94. The van der Waals surface area contributed by atoms with Crippen LogP contribution in [0.4, 0.5) is 0 Å². The third kappa shape index (κ3) is 3.24. The van der Waals surface area contributed by atoms with E-state index in [0.29, 0.717) is 0 Å². The Balaban J connectivity index is 2.01. The first-order valence-electron chi connectivity index (χ1n) is 6.14. The molecule has 0 aliphatic carbocycles. The summed E-state index contributed by atoms with van der Waals surface area (Å²) in [7, 11) is 1.68. The Labute approximate surface area is 109 Å². The standard InChI is InChI=1S/C17H18O/c1-14-6-3-4-8-16(14)9-5-7-15-10-12-17(18-2)13-11-15/h3-8,10-13H,9H2,1-2H3. The molecule has 0 unspecified atom stereocenters. The molecule has 0 fully saturated rings. The van der Waals surface area contributed by atoms with Crippen LogP contribution in [0.1, 0.15) is 16.7 Å². The maximum absolute atomic E-state index is 5.13. The molecular weight excluding hydrogens is 220 g/mol. The lowest BCUT2D eigenvalue weighted by atomic mass is 10.1. The van der Waals surface area contributed by atoms with Crippen molar-refractivity contribution in [1.82, 2.24) is 0 Å². The van der Waals surface area contributed by atoms with Gasteiger partial charge in [-0.15, -0.1) is 0 Å². The third-order valence-corrected chi connectivity index (χ3v) is 3.03. The van der Waals surface area contributed by atoms with Crippen molar-refractivity contribution in [1.29, 1.82) is 0 Å². The summed E-state index contributed by atoms with van der Waals surface area (Å²) in [6.07, 6.45) is 5.31. The summed E-state index contributed by atoms with van der Waals surface area (Å²) in [5.74, 6) is 0.894. The monoisotopic (exact) mass is 238 g/mol. The number of methoxy groups -OCH3 is 1. The summed E-state index contributed by atoms with van der Waals surface area (Å²) < 4.78 is 5.13. The molecule has 2 aromatic rings. The minimum absolute atomic E-state index is 0.894. The molecule has 0 aromatic heterocycles. The van der Waals surface area contributed by atoms with Crippen LogP contribution in [-0.4, -0.2) is 7.11 Å². The lowest BCUT2D eigenvalue weighted by Gasteiger charge is -2.01. The average molecular weight is 238 g/mol. The van der Waals surface area contributed by atoms with Crippen LogP contribution in [0, 0.1) is 6.92 Å². The van der Waals surface area contributed by atoms with Gasteiger partial charge in [-0.2, -0.15) is 0 Å². The number of allylic oxidation sites excluding steroid dienone is 1. The van der Waals surface area contributed by atoms with Gasteiger partial charge in [-0.25, -0.2) is 0 Å². The maximum Gasteiger partial charge on any atom is 0.118 e. The van der Waals surface area contributed by atoms with Crippen LogP contribution in [0.2, 0.25) is 0 Å². The molecule has 0 atom stereocenters. The van der Waals surface area contributed by atoms with E-state index >= 15 is 0 Å². The van der Waals surface area contributed by atoms with E-state index in [0.717, 1.165) is 12.2 Å². The van der Waals surface area contributed by atoms with Gasteiger partial charge in [0.25, 0.3) is 0 Å². The van der Waals surface area contributed by atoms with E-state index in [1.54, 1.807) is 7.11 Å². The van der Waals surface area contributed by atoms with Gasteiger partial charge >= 0.3 is 0 Å². The zero-order chi connectivity index (χ0) is 12.8. The number of aryl methyl sites for hydroxylation is 1. The highest BCUT2D eigenvalue weighted by Crippen LogP contribution is 2.13. The summed E-state index contributed by atoms with van der Waals surface area (Å²) in [5.41, 5.74) is 3.92. The number of benzene rings is 2. The molecule has 0 saturated carbocycles. The van der Waals surface area contributed by atoms with Crippen molar-refractivity contribution < 1.29 is 4.74 Å². The summed E-state index contributed by atoms with van der Waals surface area (Å²) in [6.45, 7) is 2.15. The molecule has 0 heterocycles. The second-order valence-electron chi connectivity index (χ2n) is 4.31. The highest BCUT2D eigenvalue weighted by molar-refractivity contribution is 5.51. The lowest BCUT2D eigenvalue weighted by Crippen LogP contribution is -1.85. The fourth-order valence-electron chi connectivity index (χ4n) is 1.88. The minimum atomic E-state index is 0.894. The molecule has 0 radical (unpaired) electrons. The van der Waals surface area contributed by atoms with Gasteiger partial charge in [0, 0.05) is 0 Å². The van der Waals surface area contributed by atoms with E-state index < -0.39 is 0 Å². The predicted molar refractivity (Wildman–Crippen MR) is 76.9 cm³/mol. The van der Waals surface area contributed by atoms with E-state index in [1.165, 1.54) is 16.7 Å². The van der Waals surface area contributed by atoms with Crippen molar-refractivity contribution in [3.63, 3.8) is 0 Å². The first kappa shape index (κ1) is 12.4. The Kier molecular flexibility index (Phi) is 4.19. The Morgan fingerprint density at radius 2 is 1.72 bits per heavy atom. The molecule has 0 saturated heterocycles. The molecule has 18 heavy (non-hydrogen) atoms. The normalized spacial score (nSPS) is 10.8. The molecular formula is C17H18O. The summed E-state index contributed by atoms with van der Waals surface area (Å²) in [5, 5.41) is 0. The second-order valence-corrected chi connectivity index (χ2v) is 4.31. The van der Waals surface area contributed by atoms with Crippen LogP contribution in [0.15, 0.2) is 54.6 Å². The van der Waals surface area contributed by atoms with Crippen molar-refractivity contribution in [3.8, 4) is 5.75 Å². The number of hydrogen-bond donors (Lipinski definition) is 0. The van der Waals surface area contributed by atoms with Gasteiger partial charge in [-0.05, 0) is 42.2 Å². The molecule has 92 valence electrons. The molecule has 0 aliphatic rings. The number of ether oxygens (including phenoxy) is 1. The number of rotatable bonds is 4. The zero-order valence-electron chi connectivity index (χ0n) is 10.9. The van der Waals surface area contributed by atoms with Crippen molar-refractivity contribution in [2.24, 2.45) is 0 Å². The van der Waals surface area contributed by atoms with E-state index in [1.807, 2.05) is 12.1 Å². The number of hydrogen-bond acceptors (Lipinski definition) is 1. The van der Waals surface area contributed by atoms with Gasteiger partial charge in [0.05, 0.1) is 7.11 Å². The predicted octanol–water partition coefficient (Wildman–Crippen LogP) is 4.26. The average Bonchev–Trinajstić information content (AvgIpc) is 2.42. The highest BCUT2D eigenvalue weighted by atomic mass is 16.5. The van der Waals surface area contributed by atoms with Crippen molar-refractivity contribution in [2.75, 3.05) is 7.11 Å². The first-order valence-corrected chi connectivity index (χ1v) is 6.14. The summed E-state index contributed by atoms with van der Waals surface area (Å²) in [4.78, 5) is 0. The van der Waals surface area contributed by atoms with Gasteiger partial charge in [-0.3, -0.25) is 0 Å². The van der Waals surface area contributed by atoms with Crippen molar-refractivity contribution in [3.05, 3.63) is 71.3 Å². The largest absolute Gasteiger partial charge is 0.497 e. The zero-order valence-corrected chi connectivity index (χ0v) is 10.9. The molecule has 0 amide bonds. The Bertz CT molecular complexity index is 524. The van der Waals surface area contributed by atoms with Gasteiger partial charge in [0.15, 0.2) is 0 Å². The van der Waals surface area contributed by atoms with Crippen LogP contribution in [0.25, 0.3) is 6.08 Å². The van der Waals surface area contributed by atoms with Crippen molar-refractivity contribution in [2.45, 2.75) is 13.3 Å². The SMILES string of the molecule is COc1ccc(C=CCc2ccccc2C)cc1. The summed E-state index contributed by atoms with van der Waals surface area (Å²) >= 11 is 0. The summed E-state index contributed by atoms with van der Waals surface area (Å²) in [6, 6.07) is 16.6. The van der Waals surface area contributed by atoms with Crippen molar-refractivity contribution >= 4 is 6.08 Å². The topological polar surface area (TPSA) is 9.23 Å². The van der Waals surface area contributed by atoms with Gasteiger partial charge < -0.3 is 4.74 Å². The molecule has 2 aromatic carbocycles. The third-order valence-electron chi connectivity index (χ3n) is 3.03. The fraction of sp³-hybridized carbons (Fsp3) is 0.176. The molecule has 1 nitrogen and oxygen atoms in total. The van der Waals surface area contributed by atoms with Gasteiger partial charge in [0.2, 0.25) is 0 Å². The second kappa shape index (κ2) is 6.06. The van der Waals surface area contributed by atoms with Crippen LogP contribution < -0.4 is 4.74 Å². The van der Waals surface area contributed by atoms with E-state index in [4.69, 9.17) is 4.74 Å². The van der Waals surface area contributed by atoms with Crippen LogP contribution in [0.3, 0.4) is 0 Å².